The van der Waals surface area contributed by atoms with E-state index in [9.17, 15) is 14.0 Å². The third kappa shape index (κ3) is 2.15. The van der Waals surface area contributed by atoms with Gasteiger partial charge in [0.05, 0.1) is 6.54 Å². The fraction of sp³-hybridized carbons (Fsp3) is 0.235. The highest BCUT2D eigenvalue weighted by Crippen LogP contribution is 2.20. The van der Waals surface area contributed by atoms with Crippen LogP contribution < -0.4 is 11.2 Å². The van der Waals surface area contributed by atoms with Crippen molar-refractivity contribution in [2.75, 3.05) is 0 Å². The van der Waals surface area contributed by atoms with E-state index in [0.29, 0.717) is 5.78 Å². The lowest BCUT2D eigenvalue weighted by molar-refractivity contribution is 0.582. The fourth-order valence-corrected chi connectivity index (χ4v) is 3.32. The summed E-state index contributed by atoms with van der Waals surface area (Å²) in [5.74, 6) is -0.0215. The van der Waals surface area contributed by atoms with Crippen molar-refractivity contribution < 1.29 is 4.39 Å². The lowest BCUT2D eigenvalue weighted by Gasteiger charge is -2.10. The number of imidazole rings is 2. The second kappa shape index (κ2) is 5.57. The molecule has 0 fully saturated rings. The molecule has 0 saturated heterocycles. The monoisotopic (exact) mass is 375 g/mol. The molecule has 3 aromatic heterocycles. The number of aryl methyl sites for hydroxylation is 3. The molecule has 4 aromatic rings. The molecule has 0 bridgehead atoms. The van der Waals surface area contributed by atoms with Crippen LogP contribution in [0.3, 0.4) is 0 Å². The Bertz CT molecular complexity index is 1290. The minimum absolute atomic E-state index is 0.0951. The van der Waals surface area contributed by atoms with Crippen LogP contribution >= 0.6 is 11.6 Å². The molecule has 0 atom stereocenters. The summed E-state index contributed by atoms with van der Waals surface area (Å²) in [4.78, 5) is 30.1. The summed E-state index contributed by atoms with van der Waals surface area (Å²) >= 11 is 6.06. The van der Waals surface area contributed by atoms with Crippen molar-refractivity contribution in [1.82, 2.24) is 23.1 Å². The van der Waals surface area contributed by atoms with E-state index in [1.165, 1.54) is 29.8 Å². The van der Waals surface area contributed by atoms with Crippen molar-refractivity contribution in [3.05, 3.63) is 67.3 Å². The Labute approximate surface area is 151 Å². The molecule has 134 valence electrons. The first-order valence-corrected chi connectivity index (χ1v) is 8.26. The minimum atomic E-state index is -0.582. The SMILES string of the molecule is Cc1cn2c3c(=O)n(Cc4c(F)cccc4Cl)c(=O)n(C)c3nc2n1C. The summed E-state index contributed by atoms with van der Waals surface area (Å²) in [7, 11) is 3.36. The number of fused-ring (bicyclic) bond motifs is 3. The highest BCUT2D eigenvalue weighted by Gasteiger charge is 2.20. The van der Waals surface area contributed by atoms with Crippen molar-refractivity contribution in [2.24, 2.45) is 14.1 Å². The van der Waals surface area contributed by atoms with Gasteiger partial charge in [-0.05, 0) is 19.1 Å². The number of rotatable bonds is 2. The summed E-state index contributed by atoms with van der Waals surface area (Å²) in [6, 6.07) is 4.23. The van der Waals surface area contributed by atoms with Crippen molar-refractivity contribution in [3.63, 3.8) is 0 Å². The van der Waals surface area contributed by atoms with E-state index < -0.39 is 17.1 Å². The smallest absolute Gasteiger partial charge is 0.317 e. The second-order valence-corrected chi connectivity index (χ2v) is 6.62. The maximum atomic E-state index is 14.1. The number of hydrogen-bond donors (Lipinski definition) is 0. The highest BCUT2D eigenvalue weighted by atomic mass is 35.5. The van der Waals surface area contributed by atoms with Gasteiger partial charge in [-0.1, -0.05) is 17.7 Å². The lowest BCUT2D eigenvalue weighted by atomic mass is 10.2. The predicted molar refractivity (Wildman–Crippen MR) is 96.4 cm³/mol. The third-order valence-electron chi connectivity index (χ3n) is 4.68. The maximum absolute atomic E-state index is 14.1. The van der Waals surface area contributed by atoms with Crippen LogP contribution in [0.5, 0.6) is 0 Å². The molecule has 0 spiro atoms. The van der Waals surface area contributed by atoms with E-state index in [0.717, 1.165) is 10.3 Å². The molecule has 0 aliphatic heterocycles. The molecule has 0 N–H and O–H groups in total. The van der Waals surface area contributed by atoms with E-state index in [2.05, 4.69) is 4.98 Å². The average Bonchev–Trinajstić information content (AvgIpc) is 3.09. The molecule has 0 saturated carbocycles. The Morgan fingerprint density at radius 1 is 1.19 bits per heavy atom. The first-order valence-electron chi connectivity index (χ1n) is 7.88. The van der Waals surface area contributed by atoms with Crippen LogP contribution in [0.15, 0.2) is 34.0 Å². The van der Waals surface area contributed by atoms with Gasteiger partial charge < -0.3 is 4.57 Å². The maximum Gasteiger partial charge on any atom is 0.332 e. The topological polar surface area (TPSA) is 66.2 Å². The zero-order chi connectivity index (χ0) is 18.7. The fourth-order valence-electron chi connectivity index (χ4n) is 3.10. The molecule has 3 heterocycles. The van der Waals surface area contributed by atoms with E-state index in [-0.39, 0.29) is 28.3 Å². The van der Waals surface area contributed by atoms with Gasteiger partial charge in [-0.3, -0.25) is 18.3 Å². The Morgan fingerprint density at radius 2 is 1.92 bits per heavy atom. The summed E-state index contributed by atoms with van der Waals surface area (Å²) in [6.45, 7) is 1.63. The Hall–Kier alpha value is -2.87. The molecule has 0 amide bonds. The van der Waals surface area contributed by atoms with Gasteiger partial charge in [0.2, 0.25) is 5.78 Å². The normalized spacial score (nSPS) is 11.7. The number of benzene rings is 1. The Kier molecular flexibility index (Phi) is 3.55. The number of hydrogen-bond acceptors (Lipinski definition) is 3. The van der Waals surface area contributed by atoms with Crippen LogP contribution in [0.1, 0.15) is 11.3 Å². The molecular formula is C17H15ClFN5O2. The van der Waals surface area contributed by atoms with Gasteiger partial charge >= 0.3 is 5.69 Å². The van der Waals surface area contributed by atoms with Crippen LogP contribution in [-0.2, 0) is 20.6 Å². The molecule has 1 aromatic carbocycles. The van der Waals surface area contributed by atoms with E-state index in [1.54, 1.807) is 10.6 Å². The molecular weight excluding hydrogens is 361 g/mol. The third-order valence-corrected chi connectivity index (χ3v) is 5.03. The van der Waals surface area contributed by atoms with Gasteiger partial charge in [-0.15, -0.1) is 0 Å². The molecule has 9 heteroatoms. The number of aromatic nitrogens is 5. The van der Waals surface area contributed by atoms with Crippen LogP contribution in [0.25, 0.3) is 16.9 Å². The first-order chi connectivity index (χ1) is 12.3. The summed E-state index contributed by atoms with van der Waals surface area (Å²) in [5, 5.41) is 0.160. The molecule has 0 aliphatic rings. The lowest BCUT2D eigenvalue weighted by Crippen LogP contribution is -2.39. The van der Waals surface area contributed by atoms with Gasteiger partial charge in [0.15, 0.2) is 11.2 Å². The van der Waals surface area contributed by atoms with Gasteiger partial charge in [-0.25, -0.2) is 9.18 Å². The number of nitrogens with zero attached hydrogens (tertiary/aromatic N) is 5. The minimum Gasteiger partial charge on any atom is -0.317 e. The van der Waals surface area contributed by atoms with Gasteiger partial charge in [0.25, 0.3) is 5.56 Å². The Morgan fingerprint density at radius 3 is 2.62 bits per heavy atom. The van der Waals surface area contributed by atoms with E-state index in [4.69, 9.17) is 11.6 Å². The molecule has 26 heavy (non-hydrogen) atoms. The van der Waals surface area contributed by atoms with Crippen LogP contribution in [0, 0.1) is 12.7 Å². The van der Waals surface area contributed by atoms with Crippen molar-refractivity contribution >= 4 is 28.5 Å². The second-order valence-electron chi connectivity index (χ2n) is 6.22. The quantitative estimate of drug-likeness (QED) is 0.537. The molecule has 0 radical (unpaired) electrons. The average molecular weight is 376 g/mol. The summed E-state index contributed by atoms with van der Waals surface area (Å²) < 4.78 is 19.9. The van der Waals surface area contributed by atoms with Crippen molar-refractivity contribution in [2.45, 2.75) is 13.5 Å². The number of halogens is 2. The zero-order valence-corrected chi connectivity index (χ0v) is 15.1. The van der Waals surface area contributed by atoms with E-state index >= 15 is 0 Å². The summed E-state index contributed by atoms with van der Waals surface area (Å²) in [6.07, 6.45) is 1.77. The Balaban J connectivity index is 2.07. The molecule has 0 aliphatic carbocycles. The summed E-state index contributed by atoms with van der Waals surface area (Å²) in [5.41, 5.74) is 0.422. The van der Waals surface area contributed by atoms with E-state index in [1.807, 2.05) is 18.5 Å². The zero-order valence-electron chi connectivity index (χ0n) is 14.3. The first kappa shape index (κ1) is 16.6. The van der Waals surface area contributed by atoms with Crippen LogP contribution in [-0.4, -0.2) is 23.1 Å². The van der Waals surface area contributed by atoms with Crippen LogP contribution in [0.2, 0.25) is 5.02 Å². The molecule has 0 unspecified atom stereocenters. The largest absolute Gasteiger partial charge is 0.332 e. The predicted octanol–water partition coefficient (Wildman–Crippen LogP) is 1.84. The van der Waals surface area contributed by atoms with Crippen molar-refractivity contribution in [1.29, 1.82) is 0 Å². The van der Waals surface area contributed by atoms with Gasteiger partial charge in [-0.2, -0.15) is 4.98 Å². The van der Waals surface area contributed by atoms with Crippen LogP contribution in [0.4, 0.5) is 4.39 Å². The molecule has 7 nitrogen and oxygen atoms in total. The highest BCUT2D eigenvalue weighted by molar-refractivity contribution is 6.31. The molecule has 4 rings (SSSR count). The van der Waals surface area contributed by atoms with Gasteiger partial charge in [0, 0.05) is 36.6 Å². The van der Waals surface area contributed by atoms with Crippen molar-refractivity contribution in [3.8, 4) is 0 Å². The standard InChI is InChI=1S/C17H15ClFN5O2/c1-9-7-23-13-14(20-16(23)21(9)2)22(3)17(26)24(15(13)25)8-10-11(18)5-4-6-12(10)19/h4-7H,8H2,1-3H3. The van der Waals surface area contributed by atoms with Gasteiger partial charge in [0.1, 0.15) is 5.82 Å².